The van der Waals surface area contributed by atoms with Gasteiger partial charge in [-0.05, 0) is 67.7 Å². The summed E-state index contributed by atoms with van der Waals surface area (Å²) >= 11 is 1.55. The molecule has 2 heterocycles. The van der Waals surface area contributed by atoms with Crippen molar-refractivity contribution in [2.24, 2.45) is 5.92 Å². The van der Waals surface area contributed by atoms with Crippen LogP contribution in [0.15, 0.2) is 52.3 Å². The van der Waals surface area contributed by atoms with Crippen LogP contribution in [0.25, 0.3) is 0 Å². The second-order valence-corrected chi connectivity index (χ2v) is 10.9. The van der Waals surface area contributed by atoms with Gasteiger partial charge in [-0.25, -0.2) is 17.5 Å². The Kier molecular flexibility index (Phi) is 6.95. The van der Waals surface area contributed by atoms with Crippen molar-refractivity contribution in [3.63, 3.8) is 0 Å². The summed E-state index contributed by atoms with van der Waals surface area (Å²) in [6.07, 6.45) is 2.22. The topological polar surface area (TPSA) is 78.5 Å². The predicted octanol–water partition coefficient (Wildman–Crippen LogP) is 3.45. The third-order valence-electron chi connectivity index (χ3n) is 5.71. The van der Waals surface area contributed by atoms with E-state index in [0.717, 1.165) is 42.9 Å². The molecule has 2 aliphatic heterocycles. The lowest BCUT2D eigenvalue weighted by atomic mass is 9.97. The van der Waals surface area contributed by atoms with E-state index in [4.69, 9.17) is 0 Å². The molecule has 0 bridgehead atoms. The molecule has 6 nitrogen and oxygen atoms in total. The molecule has 2 N–H and O–H groups in total. The molecule has 0 aromatic heterocycles. The summed E-state index contributed by atoms with van der Waals surface area (Å²) in [6, 6.07) is 11.4. The number of benzene rings is 2. The molecule has 0 unspecified atom stereocenters. The lowest BCUT2D eigenvalue weighted by Crippen LogP contribution is -2.38. The zero-order valence-corrected chi connectivity index (χ0v) is 18.8. The lowest BCUT2D eigenvalue weighted by Gasteiger charge is -2.32. The summed E-state index contributed by atoms with van der Waals surface area (Å²) in [4.78, 5) is 15.2. The van der Waals surface area contributed by atoms with Crippen molar-refractivity contribution in [2.75, 3.05) is 30.7 Å². The van der Waals surface area contributed by atoms with E-state index in [0.29, 0.717) is 24.4 Å². The highest BCUT2D eigenvalue weighted by molar-refractivity contribution is 7.99. The van der Waals surface area contributed by atoms with Crippen LogP contribution in [0.2, 0.25) is 0 Å². The van der Waals surface area contributed by atoms with E-state index in [1.54, 1.807) is 42.1 Å². The summed E-state index contributed by atoms with van der Waals surface area (Å²) in [5.74, 6) is 0.630. The first-order valence-electron chi connectivity index (χ1n) is 10.4. The molecule has 31 heavy (non-hydrogen) atoms. The van der Waals surface area contributed by atoms with Gasteiger partial charge >= 0.3 is 0 Å². The van der Waals surface area contributed by atoms with E-state index in [2.05, 4.69) is 14.9 Å². The van der Waals surface area contributed by atoms with Crippen LogP contribution in [-0.4, -0.2) is 44.6 Å². The maximum Gasteiger partial charge on any atom is 0.240 e. The molecule has 0 saturated carbocycles. The third-order valence-corrected chi connectivity index (χ3v) is 8.21. The van der Waals surface area contributed by atoms with Crippen LogP contribution in [0.1, 0.15) is 24.8 Å². The molecule has 1 saturated heterocycles. The Balaban J connectivity index is 1.30. The molecule has 0 spiro atoms. The van der Waals surface area contributed by atoms with Gasteiger partial charge in [0.05, 0.1) is 10.6 Å². The molecule has 1 amide bonds. The second-order valence-electron chi connectivity index (χ2n) is 8.00. The van der Waals surface area contributed by atoms with Crippen molar-refractivity contribution in [1.82, 2.24) is 9.62 Å². The van der Waals surface area contributed by atoms with Gasteiger partial charge < -0.3 is 5.32 Å². The van der Waals surface area contributed by atoms with Crippen molar-refractivity contribution in [1.29, 1.82) is 0 Å². The second kappa shape index (κ2) is 9.68. The molecule has 2 aromatic carbocycles. The standard InChI is InChI=1S/C22H26FN3O3S2/c23-18-3-1-17(2-4-18)15-26-10-7-16(8-11-26)14-24-31(28,29)19-5-6-21-20(13-19)25-22(27)9-12-30-21/h1-6,13,16,24H,7-12,14-15H2,(H,25,27). The number of likely N-dealkylation sites (tertiary alicyclic amines) is 1. The van der Waals surface area contributed by atoms with Gasteiger partial charge in [0.15, 0.2) is 0 Å². The number of thioether (sulfide) groups is 1. The molecule has 2 aromatic rings. The average molecular weight is 464 g/mol. The Labute approximate surface area is 186 Å². The van der Waals surface area contributed by atoms with Crippen molar-refractivity contribution < 1.29 is 17.6 Å². The van der Waals surface area contributed by atoms with Crippen LogP contribution in [0.4, 0.5) is 10.1 Å². The summed E-state index contributed by atoms with van der Waals surface area (Å²) in [5, 5.41) is 2.79. The number of nitrogens with one attached hydrogen (secondary N) is 2. The van der Waals surface area contributed by atoms with E-state index < -0.39 is 10.0 Å². The number of hydrogen-bond acceptors (Lipinski definition) is 5. The molecule has 4 rings (SSSR count). The Morgan fingerprint density at radius 3 is 2.61 bits per heavy atom. The molecule has 9 heteroatoms. The fourth-order valence-electron chi connectivity index (χ4n) is 3.87. The normalized spacial score (nSPS) is 18.3. The Morgan fingerprint density at radius 2 is 1.87 bits per heavy atom. The fourth-order valence-corrected chi connectivity index (χ4v) is 5.95. The Hall–Kier alpha value is -1.94. The quantitative estimate of drug-likeness (QED) is 0.686. The predicted molar refractivity (Wildman–Crippen MR) is 120 cm³/mol. The minimum absolute atomic E-state index is 0.0962. The van der Waals surface area contributed by atoms with Crippen molar-refractivity contribution in [3.05, 3.63) is 53.8 Å². The number of amides is 1. The Bertz CT molecular complexity index is 1040. The number of anilines is 1. The molecule has 0 atom stereocenters. The van der Waals surface area contributed by atoms with Gasteiger partial charge in [0.2, 0.25) is 15.9 Å². The minimum atomic E-state index is -3.65. The smallest absolute Gasteiger partial charge is 0.240 e. The van der Waals surface area contributed by atoms with Gasteiger partial charge in [-0.3, -0.25) is 9.69 Å². The van der Waals surface area contributed by atoms with Gasteiger partial charge in [-0.1, -0.05) is 12.1 Å². The number of carbonyl (C=O) groups is 1. The first-order chi connectivity index (χ1) is 14.9. The highest BCUT2D eigenvalue weighted by Crippen LogP contribution is 2.32. The maximum atomic E-state index is 13.0. The molecule has 2 aliphatic rings. The van der Waals surface area contributed by atoms with Crippen LogP contribution in [-0.2, 0) is 21.4 Å². The van der Waals surface area contributed by atoms with E-state index >= 15 is 0 Å². The van der Waals surface area contributed by atoms with Crippen molar-refractivity contribution >= 4 is 33.4 Å². The zero-order valence-electron chi connectivity index (χ0n) is 17.1. The highest BCUT2D eigenvalue weighted by atomic mass is 32.2. The van der Waals surface area contributed by atoms with E-state index in [1.807, 2.05) is 0 Å². The summed E-state index contributed by atoms with van der Waals surface area (Å²) in [6.45, 7) is 2.93. The van der Waals surface area contributed by atoms with Gasteiger partial charge in [-0.2, -0.15) is 0 Å². The maximum absolute atomic E-state index is 13.0. The van der Waals surface area contributed by atoms with Crippen molar-refractivity contribution in [2.45, 2.75) is 35.6 Å². The first kappa shape index (κ1) is 22.3. The summed E-state index contributed by atoms with van der Waals surface area (Å²) in [5.41, 5.74) is 1.64. The zero-order chi connectivity index (χ0) is 21.8. The average Bonchev–Trinajstić information content (AvgIpc) is 2.95. The molecule has 0 aliphatic carbocycles. The minimum Gasteiger partial charge on any atom is -0.325 e. The highest BCUT2D eigenvalue weighted by Gasteiger charge is 2.23. The number of carbonyl (C=O) groups excluding carboxylic acids is 1. The van der Waals surface area contributed by atoms with E-state index in [-0.39, 0.29) is 22.5 Å². The Morgan fingerprint density at radius 1 is 1.13 bits per heavy atom. The van der Waals surface area contributed by atoms with Crippen molar-refractivity contribution in [3.8, 4) is 0 Å². The fraction of sp³-hybridized carbons (Fsp3) is 0.409. The molecular weight excluding hydrogens is 437 g/mol. The molecular formula is C22H26FN3O3S2. The number of halogens is 1. The first-order valence-corrected chi connectivity index (χ1v) is 12.9. The number of sulfonamides is 1. The molecule has 0 radical (unpaired) electrons. The monoisotopic (exact) mass is 463 g/mol. The molecule has 166 valence electrons. The SMILES string of the molecule is O=C1CCSc2ccc(S(=O)(=O)NCC3CCN(Cc4ccc(F)cc4)CC3)cc2N1. The largest absolute Gasteiger partial charge is 0.325 e. The van der Waals surface area contributed by atoms with Crippen LogP contribution in [0.5, 0.6) is 0 Å². The lowest BCUT2D eigenvalue weighted by molar-refractivity contribution is -0.115. The van der Waals surface area contributed by atoms with Crippen LogP contribution >= 0.6 is 11.8 Å². The number of rotatable bonds is 6. The van der Waals surface area contributed by atoms with Crippen LogP contribution < -0.4 is 10.0 Å². The summed E-state index contributed by atoms with van der Waals surface area (Å²) < 4.78 is 41.4. The third kappa shape index (κ3) is 5.85. The van der Waals surface area contributed by atoms with Crippen LogP contribution in [0, 0.1) is 11.7 Å². The molecule has 1 fully saturated rings. The van der Waals surface area contributed by atoms with Gasteiger partial charge in [0.1, 0.15) is 5.82 Å². The van der Waals surface area contributed by atoms with Gasteiger partial charge in [0, 0.05) is 30.2 Å². The number of hydrogen-bond donors (Lipinski definition) is 2. The van der Waals surface area contributed by atoms with Crippen LogP contribution in [0.3, 0.4) is 0 Å². The number of nitrogens with zero attached hydrogens (tertiary/aromatic N) is 1. The van der Waals surface area contributed by atoms with E-state index in [9.17, 15) is 17.6 Å². The van der Waals surface area contributed by atoms with Gasteiger partial charge in [-0.15, -0.1) is 11.8 Å². The summed E-state index contributed by atoms with van der Waals surface area (Å²) in [7, 11) is -3.65. The number of fused-ring (bicyclic) bond motifs is 1. The van der Waals surface area contributed by atoms with Gasteiger partial charge in [0.25, 0.3) is 0 Å². The van der Waals surface area contributed by atoms with E-state index in [1.165, 1.54) is 12.1 Å². The number of piperidine rings is 1.